The van der Waals surface area contributed by atoms with Crippen molar-refractivity contribution < 1.29 is 9.13 Å². The fourth-order valence-corrected chi connectivity index (χ4v) is 4.25. The summed E-state index contributed by atoms with van der Waals surface area (Å²) in [6.07, 6.45) is 0.917. The van der Waals surface area contributed by atoms with Crippen molar-refractivity contribution in [3.05, 3.63) is 53.8 Å². The Hall–Kier alpha value is -2.97. The van der Waals surface area contributed by atoms with E-state index in [1.54, 1.807) is 16.8 Å². The van der Waals surface area contributed by atoms with Crippen LogP contribution in [0.1, 0.15) is 12.5 Å². The van der Waals surface area contributed by atoms with Crippen molar-refractivity contribution in [3.63, 3.8) is 0 Å². The molecule has 1 aromatic heterocycles. The molecule has 3 heterocycles. The molecule has 3 aromatic rings. The van der Waals surface area contributed by atoms with Gasteiger partial charge in [0, 0.05) is 37.4 Å². The number of aryl methyl sites for hydroxylation is 1. The molecule has 0 bridgehead atoms. The normalized spacial score (nSPS) is 17.7. The number of nitrogen functional groups attached to an aromatic ring is 1. The first kappa shape index (κ1) is 20.0. The van der Waals surface area contributed by atoms with Crippen LogP contribution in [0.3, 0.4) is 0 Å². The Labute approximate surface area is 181 Å². The molecular formula is C23H27FN6O. The molecule has 5 rings (SSSR count). The Bertz CT molecular complexity index is 1050. The summed E-state index contributed by atoms with van der Waals surface area (Å²) in [5, 5.41) is 4.36. The Balaban J connectivity index is 1.46. The molecule has 2 N–H and O–H groups in total. The van der Waals surface area contributed by atoms with Crippen molar-refractivity contribution in [2.24, 2.45) is 0 Å². The number of aromatic nitrogens is 3. The van der Waals surface area contributed by atoms with Gasteiger partial charge in [-0.1, -0.05) is 6.92 Å². The average molecular weight is 423 g/mol. The molecule has 162 valence electrons. The van der Waals surface area contributed by atoms with Crippen LogP contribution in [0.5, 0.6) is 0 Å². The number of nitrogens with zero attached hydrogens (tertiary/aromatic N) is 5. The van der Waals surface area contributed by atoms with Crippen molar-refractivity contribution in [2.45, 2.75) is 19.4 Å². The van der Waals surface area contributed by atoms with E-state index in [0.29, 0.717) is 11.9 Å². The molecule has 0 spiro atoms. The van der Waals surface area contributed by atoms with E-state index >= 15 is 0 Å². The molecule has 2 aliphatic rings. The number of anilines is 2. The Morgan fingerprint density at radius 2 is 1.77 bits per heavy atom. The van der Waals surface area contributed by atoms with E-state index in [1.165, 1.54) is 23.4 Å². The third kappa shape index (κ3) is 4.00. The van der Waals surface area contributed by atoms with Gasteiger partial charge in [0.25, 0.3) is 0 Å². The molecule has 7 nitrogen and oxygen atoms in total. The predicted molar refractivity (Wildman–Crippen MR) is 119 cm³/mol. The van der Waals surface area contributed by atoms with Crippen LogP contribution in [0.15, 0.2) is 42.5 Å². The molecule has 2 fully saturated rings. The van der Waals surface area contributed by atoms with Gasteiger partial charge in [0.1, 0.15) is 5.82 Å². The first-order valence-corrected chi connectivity index (χ1v) is 10.8. The predicted octanol–water partition coefficient (Wildman–Crippen LogP) is 2.74. The van der Waals surface area contributed by atoms with Crippen molar-refractivity contribution >= 4 is 11.6 Å². The topological polar surface area (TPSA) is 72.4 Å². The monoisotopic (exact) mass is 422 g/mol. The number of hydrogen-bond acceptors (Lipinski definition) is 6. The smallest absolute Gasteiger partial charge is 0.240 e. The zero-order chi connectivity index (χ0) is 21.4. The van der Waals surface area contributed by atoms with Gasteiger partial charge in [0.2, 0.25) is 5.95 Å². The Morgan fingerprint density at radius 1 is 1.03 bits per heavy atom. The van der Waals surface area contributed by atoms with E-state index in [4.69, 9.17) is 10.5 Å². The molecule has 0 saturated carbocycles. The van der Waals surface area contributed by atoms with Gasteiger partial charge in [-0.2, -0.15) is 4.98 Å². The Kier molecular flexibility index (Phi) is 5.33. The van der Waals surface area contributed by atoms with Crippen molar-refractivity contribution in [1.29, 1.82) is 0 Å². The number of nitrogens with two attached hydrogens (primary N) is 1. The van der Waals surface area contributed by atoms with Crippen molar-refractivity contribution in [1.82, 2.24) is 19.7 Å². The molecule has 31 heavy (non-hydrogen) atoms. The minimum absolute atomic E-state index is 0.194. The van der Waals surface area contributed by atoms with Gasteiger partial charge in [0.15, 0.2) is 5.82 Å². The summed E-state index contributed by atoms with van der Waals surface area (Å²) in [6, 6.07) is 13.3. The summed E-state index contributed by atoms with van der Waals surface area (Å²) in [7, 11) is 0. The first-order chi connectivity index (χ1) is 15.1. The van der Waals surface area contributed by atoms with Gasteiger partial charge >= 0.3 is 0 Å². The van der Waals surface area contributed by atoms with Gasteiger partial charge in [-0.05, 0) is 54.4 Å². The molecule has 0 amide bonds. The molecule has 0 radical (unpaired) electrons. The minimum Gasteiger partial charge on any atom is -0.378 e. The summed E-state index contributed by atoms with van der Waals surface area (Å²) in [5.41, 5.74) is 10.1. The maximum atomic E-state index is 13.4. The first-order valence-electron chi connectivity index (χ1n) is 10.8. The third-order valence-electron chi connectivity index (χ3n) is 6.16. The standard InChI is InChI=1S/C23H27FN6O/c1-2-16-11-17(22-26-23(25)27-30(22)19-5-3-18(24)4-6-19)13-20(12-16)28-7-9-29(10-8-28)21-14-31-15-21/h3-6,11-13,21H,2,7-10,14-15H2,1H3,(H2,25,27). The number of piperazine rings is 1. The van der Waals surface area contributed by atoms with E-state index in [-0.39, 0.29) is 11.8 Å². The van der Waals surface area contributed by atoms with Gasteiger partial charge in [-0.3, -0.25) is 4.90 Å². The van der Waals surface area contributed by atoms with Crippen LogP contribution in [0.4, 0.5) is 16.0 Å². The SMILES string of the molecule is CCc1cc(-c2nc(N)nn2-c2ccc(F)cc2)cc(N2CCN(C3COC3)CC2)c1. The van der Waals surface area contributed by atoms with Crippen LogP contribution in [0.2, 0.25) is 0 Å². The van der Waals surface area contributed by atoms with Crippen LogP contribution in [0, 0.1) is 5.82 Å². The summed E-state index contributed by atoms with van der Waals surface area (Å²) in [5.74, 6) is 0.561. The second-order valence-electron chi connectivity index (χ2n) is 8.14. The third-order valence-corrected chi connectivity index (χ3v) is 6.16. The molecule has 0 unspecified atom stereocenters. The summed E-state index contributed by atoms with van der Waals surface area (Å²) < 4.78 is 20.4. The summed E-state index contributed by atoms with van der Waals surface area (Å²) >= 11 is 0. The number of hydrogen-bond donors (Lipinski definition) is 1. The lowest BCUT2D eigenvalue weighted by Crippen LogP contribution is -2.56. The number of ether oxygens (including phenoxy) is 1. The fourth-order valence-electron chi connectivity index (χ4n) is 4.25. The summed E-state index contributed by atoms with van der Waals surface area (Å²) in [6.45, 7) is 7.91. The molecular weight excluding hydrogens is 395 g/mol. The maximum absolute atomic E-state index is 13.4. The average Bonchev–Trinajstić information content (AvgIpc) is 3.15. The lowest BCUT2D eigenvalue weighted by molar-refractivity contribution is -0.0660. The molecule has 8 heteroatoms. The molecule has 0 aliphatic carbocycles. The van der Waals surface area contributed by atoms with E-state index in [2.05, 4.69) is 45.0 Å². The zero-order valence-corrected chi connectivity index (χ0v) is 17.7. The number of halogens is 1. The van der Waals surface area contributed by atoms with Crippen LogP contribution < -0.4 is 10.6 Å². The molecule has 2 aromatic carbocycles. The Morgan fingerprint density at radius 3 is 2.42 bits per heavy atom. The van der Waals surface area contributed by atoms with Gasteiger partial charge in [-0.25, -0.2) is 9.07 Å². The maximum Gasteiger partial charge on any atom is 0.240 e. The van der Waals surface area contributed by atoms with Crippen LogP contribution in [-0.4, -0.2) is 65.1 Å². The highest BCUT2D eigenvalue weighted by atomic mass is 19.1. The van der Waals surface area contributed by atoms with E-state index < -0.39 is 0 Å². The number of benzene rings is 2. The number of rotatable bonds is 5. The summed E-state index contributed by atoms with van der Waals surface area (Å²) in [4.78, 5) is 9.45. The lowest BCUT2D eigenvalue weighted by Gasteiger charge is -2.43. The largest absolute Gasteiger partial charge is 0.378 e. The zero-order valence-electron chi connectivity index (χ0n) is 17.7. The lowest BCUT2D eigenvalue weighted by atomic mass is 10.0. The molecule has 2 saturated heterocycles. The highest BCUT2D eigenvalue weighted by Crippen LogP contribution is 2.29. The minimum atomic E-state index is -0.291. The highest BCUT2D eigenvalue weighted by molar-refractivity contribution is 5.67. The van der Waals surface area contributed by atoms with E-state index in [1.807, 2.05) is 0 Å². The van der Waals surface area contributed by atoms with Crippen molar-refractivity contribution in [2.75, 3.05) is 50.0 Å². The highest BCUT2D eigenvalue weighted by Gasteiger charge is 2.29. The van der Waals surface area contributed by atoms with E-state index in [0.717, 1.165) is 57.1 Å². The van der Waals surface area contributed by atoms with Crippen LogP contribution in [0.25, 0.3) is 17.1 Å². The second-order valence-corrected chi connectivity index (χ2v) is 8.14. The van der Waals surface area contributed by atoms with Crippen LogP contribution >= 0.6 is 0 Å². The van der Waals surface area contributed by atoms with Gasteiger partial charge < -0.3 is 15.4 Å². The van der Waals surface area contributed by atoms with Gasteiger partial charge in [-0.15, -0.1) is 5.10 Å². The van der Waals surface area contributed by atoms with E-state index in [9.17, 15) is 4.39 Å². The second kappa shape index (κ2) is 8.28. The van der Waals surface area contributed by atoms with Gasteiger partial charge in [0.05, 0.1) is 24.9 Å². The molecule has 0 atom stereocenters. The molecule has 2 aliphatic heterocycles. The van der Waals surface area contributed by atoms with Crippen LogP contribution in [-0.2, 0) is 11.2 Å². The van der Waals surface area contributed by atoms with Crippen molar-refractivity contribution in [3.8, 4) is 17.1 Å². The fraction of sp³-hybridized carbons (Fsp3) is 0.391. The quantitative estimate of drug-likeness (QED) is 0.682.